The molecule has 4 nitrogen and oxygen atoms in total. The Morgan fingerprint density at radius 3 is 2.40 bits per heavy atom. The van der Waals surface area contributed by atoms with Gasteiger partial charge in [-0.05, 0) is 128 Å². The van der Waals surface area contributed by atoms with Crippen LogP contribution in [-0.2, 0) is 0 Å². The molecule has 5 rings (SSSR count). The molecule has 0 radical (unpaired) electrons. The second kappa shape index (κ2) is 13.0. The van der Waals surface area contributed by atoms with Gasteiger partial charge < -0.3 is 19.7 Å². The number of methoxy groups -OCH3 is 2. The average Bonchev–Trinajstić information content (AvgIpc) is 3.33. The fourth-order valence-electron chi connectivity index (χ4n) is 10.4. The Morgan fingerprint density at radius 1 is 0.952 bits per heavy atom. The van der Waals surface area contributed by atoms with Crippen molar-refractivity contribution >= 4 is 6.08 Å². The lowest BCUT2D eigenvalue weighted by atomic mass is 9.47. The Kier molecular flexibility index (Phi) is 9.72. The summed E-state index contributed by atoms with van der Waals surface area (Å²) in [4.78, 5) is 0. The van der Waals surface area contributed by atoms with Crippen molar-refractivity contribution in [2.24, 2.45) is 46.3 Å². The van der Waals surface area contributed by atoms with Crippen LogP contribution in [0, 0.1) is 46.3 Å². The van der Waals surface area contributed by atoms with Crippen LogP contribution in [-0.4, -0.2) is 30.5 Å². The summed E-state index contributed by atoms with van der Waals surface area (Å²) in [6.45, 7) is 10.2. The fraction of sp³-hybridized carbons (Fsp3) is 0.737. The van der Waals surface area contributed by atoms with Gasteiger partial charge in [-0.3, -0.25) is 0 Å². The molecule has 4 aliphatic rings. The summed E-state index contributed by atoms with van der Waals surface area (Å²) in [5, 5.41) is 20.5. The third-order valence-corrected chi connectivity index (χ3v) is 12.8. The summed E-state index contributed by atoms with van der Waals surface area (Å²) >= 11 is 0. The van der Waals surface area contributed by atoms with E-state index in [0.29, 0.717) is 22.3 Å². The molecule has 0 amide bonds. The van der Waals surface area contributed by atoms with Gasteiger partial charge in [-0.15, -0.1) is 0 Å². The molecule has 0 bridgehead atoms. The van der Waals surface area contributed by atoms with Crippen LogP contribution in [0.15, 0.2) is 29.9 Å². The van der Waals surface area contributed by atoms with E-state index in [4.69, 9.17) is 9.47 Å². The van der Waals surface area contributed by atoms with Crippen LogP contribution in [0.3, 0.4) is 0 Å². The SMILES string of the molecule is COc1cc(/C=C/CCC(C)CCC[C@@H](C)[C@H]2CC[C@H]3[C@@H]4CC=C5C[C@@H](O)CC[C@]5(C)[C@H]4CC[C@]23C)cc(OC)c1O. The van der Waals surface area contributed by atoms with E-state index in [9.17, 15) is 10.2 Å². The summed E-state index contributed by atoms with van der Waals surface area (Å²) < 4.78 is 10.6. The lowest BCUT2D eigenvalue weighted by Crippen LogP contribution is -2.50. The molecule has 1 unspecified atom stereocenters. The Balaban J connectivity index is 1.09. The van der Waals surface area contributed by atoms with Crippen molar-refractivity contribution in [1.82, 2.24) is 0 Å². The van der Waals surface area contributed by atoms with Crippen molar-refractivity contribution in [2.45, 2.75) is 117 Å². The van der Waals surface area contributed by atoms with Gasteiger partial charge in [0.15, 0.2) is 11.5 Å². The van der Waals surface area contributed by atoms with Gasteiger partial charge in [-0.1, -0.05) is 70.8 Å². The first-order valence-corrected chi connectivity index (χ1v) is 17.1. The summed E-state index contributed by atoms with van der Waals surface area (Å²) in [5.41, 5.74) is 3.45. The number of rotatable bonds is 11. The molecular weight excluding hydrogens is 520 g/mol. The Hall–Kier alpha value is -1.94. The van der Waals surface area contributed by atoms with E-state index in [1.54, 1.807) is 19.8 Å². The Labute approximate surface area is 256 Å². The zero-order valence-electron chi connectivity index (χ0n) is 27.3. The van der Waals surface area contributed by atoms with E-state index in [-0.39, 0.29) is 11.9 Å². The number of aliphatic hydroxyl groups excluding tert-OH is 1. The van der Waals surface area contributed by atoms with Gasteiger partial charge in [-0.25, -0.2) is 0 Å². The predicted octanol–water partition coefficient (Wildman–Crippen LogP) is 9.59. The van der Waals surface area contributed by atoms with Crippen molar-refractivity contribution < 1.29 is 19.7 Å². The van der Waals surface area contributed by atoms with Gasteiger partial charge >= 0.3 is 0 Å². The molecule has 1 aromatic carbocycles. The highest BCUT2D eigenvalue weighted by atomic mass is 16.5. The number of allylic oxidation sites excluding steroid dienone is 2. The molecule has 0 aromatic heterocycles. The molecule has 234 valence electrons. The van der Waals surface area contributed by atoms with Gasteiger partial charge in [0, 0.05) is 0 Å². The third kappa shape index (κ3) is 6.04. The number of aliphatic hydroxyl groups is 1. The fourth-order valence-corrected chi connectivity index (χ4v) is 10.4. The maximum atomic E-state index is 10.3. The van der Waals surface area contributed by atoms with E-state index in [0.717, 1.165) is 60.3 Å². The van der Waals surface area contributed by atoms with E-state index >= 15 is 0 Å². The monoisotopic (exact) mass is 578 g/mol. The summed E-state index contributed by atoms with van der Waals surface area (Å²) in [6, 6.07) is 3.70. The number of fused-ring (bicyclic) bond motifs is 5. The van der Waals surface area contributed by atoms with Crippen molar-refractivity contribution in [3.8, 4) is 17.2 Å². The molecule has 3 fully saturated rings. The Morgan fingerprint density at radius 2 is 1.69 bits per heavy atom. The lowest BCUT2D eigenvalue weighted by Gasteiger charge is -2.58. The molecule has 0 saturated heterocycles. The second-order valence-electron chi connectivity index (χ2n) is 15.2. The van der Waals surface area contributed by atoms with E-state index in [2.05, 4.69) is 45.9 Å². The van der Waals surface area contributed by atoms with Crippen LogP contribution in [0.2, 0.25) is 0 Å². The molecule has 3 saturated carbocycles. The van der Waals surface area contributed by atoms with Crippen molar-refractivity contribution in [3.05, 3.63) is 35.4 Å². The number of hydrogen-bond acceptors (Lipinski definition) is 4. The quantitative estimate of drug-likeness (QED) is 0.257. The highest BCUT2D eigenvalue weighted by Crippen LogP contribution is 2.67. The first-order valence-electron chi connectivity index (χ1n) is 17.1. The van der Waals surface area contributed by atoms with Crippen molar-refractivity contribution in [1.29, 1.82) is 0 Å². The van der Waals surface area contributed by atoms with Gasteiger partial charge in [0.2, 0.25) is 5.75 Å². The molecule has 9 atom stereocenters. The van der Waals surface area contributed by atoms with Crippen LogP contribution in [0.5, 0.6) is 17.2 Å². The standard InChI is InChI=1S/C38H58O4/c1-25(10-7-8-13-27-22-34(41-5)36(40)35(23-27)42-6)11-9-12-26(2)31-16-17-32-30-15-14-28-24-29(39)18-20-37(28,3)33(30)19-21-38(31,32)4/h8,13-14,22-23,25-26,29-33,39-40H,7,9-12,15-21,24H2,1-6H3/b13-8+/t25?,26-,29+,30+,31-,32+,33+,37+,38-/m1/s1. The zero-order chi connectivity index (χ0) is 30.1. The molecule has 42 heavy (non-hydrogen) atoms. The lowest BCUT2D eigenvalue weighted by molar-refractivity contribution is -0.0573. The number of aromatic hydroxyl groups is 1. The second-order valence-corrected chi connectivity index (χ2v) is 15.2. The molecule has 0 aliphatic heterocycles. The summed E-state index contributed by atoms with van der Waals surface area (Å²) in [6.07, 6.45) is 23.2. The average molecular weight is 579 g/mol. The topological polar surface area (TPSA) is 58.9 Å². The molecule has 4 heteroatoms. The van der Waals surface area contributed by atoms with Crippen LogP contribution in [0.25, 0.3) is 6.08 Å². The summed E-state index contributed by atoms with van der Waals surface area (Å²) in [5.74, 6) is 5.95. The zero-order valence-corrected chi connectivity index (χ0v) is 27.3. The minimum absolute atomic E-state index is 0.0508. The number of phenolic OH excluding ortho intramolecular Hbond substituents is 1. The van der Waals surface area contributed by atoms with Crippen molar-refractivity contribution in [2.75, 3.05) is 14.2 Å². The smallest absolute Gasteiger partial charge is 0.200 e. The number of phenols is 1. The van der Waals surface area contributed by atoms with Gasteiger partial charge in [-0.2, -0.15) is 0 Å². The normalized spacial score (nSPS) is 35.6. The van der Waals surface area contributed by atoms with E-state index < -0.39 is 0 Å². The highest BCUT2D eigenvalue weighted by Gasteiger charge is 2.59. The third-order valence-electron chi connectivity index (χ3n) is 12.8. The van der Waals surface area contributed by atoms with Crippen LogP contribution in [0.1, 0.15) is 117 Å². The molecule has 0 heterocycles. The van der Waals surface area contributed by atoms with Gasteiger partial charge in [0.05, 0.1) is 20.3 Å². The van der Waals surface area contributed by atoms with Crippen LogP contribution in [0.4, 0.5) is 0 Å². The number of benzene rings is 1. The number of ether oxygens (including phenoxy) is 2. The summed E-state index contributed by atoms with van der Waals surface area (Å²) in [7, 11) is 3.13. The minimum Gasteiger partial charge on any atom is -0.502 e. The maximum absolute atomic E-state index is 10.3. The van der Waals surface area contributed by atoms with Gasteiger partial charge in [0.1, 0.15) is 0 Å². The maximum Gasteiger partial charge on any atom is 0.200 e. The van der Waals surface area contributed by atoms with Crippen molar-refractivity contribution in [3.63, 3.8) is 0 Å². The van der Waals surface area contributed by atoms with Gasteiger partial charge in [0.25, 0.3) is 0 Å². The van der Waals surface area contributed by atoms with E-state index in [1.807, 2.05) is 12.1 Å². The first kappa shape index (κ1) is 31.5. The highest BCUT2D eigenvalue weighted by molar-refractivity contribution is 5.61. The van der Waals surface area contributed by atoms with Crippen LogP contribution >= 0.6 is 0 Å². The largest absolute Gasteiger partial charge is 0.502 e. The first-order chi connectivity index (χ1) is 20.1. The predicted molar refractivity (Wildman–Crippen MR) is 173 cm³/mol. The molecule has 1 aromatic rings. The van der Waals surface area contributed by atoms with E-state index in [1.165, 1.54) is 64.2 Å². The molecule has 4 aliphatic carbocycles. The minimum atomic E-state index is -0.106. The molecular formula is C38H58O4. The van der Waals surface area contributed by atoms with Crippen LogP contribution < -0.4 is 9.47 Å². The number of hydrogen-bond donors (Lipinski definition) is 2. The molecule has 2 N–H and O–H groups in total. The molecule has 0 spiro atoms. The Bertz CT molecular complexity index is 1110.